The van der Waals surface area contributed by atoms with Gasteiger partial charge in [-0.1, -0.05) is 62.8 Å². The summed E-state index contributed by atoms with van der Waals surface area (Å²) in [6.07, 6.45) is 12.0. The SMILES string of the molecule is CC(=O)C1=C(O)c2c(-c3ccc(F)cc3)ccn2C2(CCCCC2)C1=O.CC(=O)C1=C(O)c2cc(-c3ccc(F)cc3)cn2C2(CCCCC2)C1=O. The molecule has 0 bridgehead atoms. The second kappa shape index (κ2) is 13.3. The first-order valence-corrected chi connectivity index (χ1v) is 17.8. The zero-order valence-electron chi connectivity index (χ0n) is 29.2. The van der Waals surface area contributed by atoms with E-state index < -0.39 is 22.6 Å². The minimum atomic E-state index is -0.806. The highest BCUT2D eigenvalue weighted by molar-refractivity contribution is 6.28. The summed E-state index contributed by atoms with van der Waals surface area (Å²) in [6.45, 7) is 2.63. The number of benzene rings is 2. The first-order chi connectivity index (χ1) is 24.9. The van der Waals surface area contributed by atoms with E-state index in [1.165, 1.54) is 38.1 Å². The van der Waals surface area contributed by atoms with Crippen molar-refractivity contribution in [2.24, 2.45) is 0 Å². The maximum Gasteiger partial charge on any atom is 0.196 e. The Hall–Kier alpha value is -5.38. The van der Waals surface area contributed by atoms with Gasteiger partial charge in [0.15, 0.2) is 34.7 Å². The molecule has 0 radical (unpaired) electrons. The fourth-order valence-corrected chi connectivity index (χ4v) is 8.70. The van der Waals surface area contributed by atoms with Crippen LogP contribution in [-0.4, -0.2) is 42.5 Å². The van der Waals surface area contributed by atoms with E-state index in [1.54, 1.807) is 30.3 Å². The number of carbonyl (C=O) groups excluding carboxylic acids is 4. The van der Waals surface area contributed by atoms with Crippen molar-refractivity contribution >= 4 is 34.7 Å². The second-order valence-corrected chi connectivity index (χ2v) is 14.3. The predicted octanol–water partition coefficient (Wildman–Crippen LogP) is 8.79. The molecule has 8 nitrogen and oxygen atoms in total. The van der Waals surface area contributed by atoms with E-state index in [0.29, 0.717) is 42.6 Å². The summed E-state index contributed by atoms with van der Waals surface area (Å²) in [5.74, 6) is -2.59. The van der Waals surface area contributed by atoms with E-state index in [0.717, 1.165) is 55.2 Å². The Morgan fingerprint density at radius 2 is 1.08 bits per heavy atom. The van der Waals surface area contributed by atoms with Gasteiger partial charge in [-0.2, -0.15) is 0 Å². The van der Waals surface area contributed by atoms with Gasteiger partial charge in [-0.25, -0.2) is 8.78 Å². The Balaban J connectivity index is 0.000000162. The van der Waals surface area contributed by atoms with E-state index in [-0.39, 0.29) is 45.9 Å². The summed E-state index contributed by atoms with van der Waals surface area (Å²) in [6, 6.07) is 15.7. The monoisotopic (exact) mass is 706 g/mol. The van der Waals surface area contributed by atoms with Crippen LogP contribution in [-0.2, 0) is 30.3 Å². The predicted molar refractivity (Wildman–Crippen MR) is 192 cm³/mol. The highest BCUT2D eigenvalue weighted by Gasteiger charge is 2.50. The van der Waals surface area contributed by atoms with Crippen LogP contribution in [0, 0.1) is 11.6 Å². The number of aromatic nitrogens is 2. The molecule has 2 N–H and O–H groups in total. The van der Waals surface area contributed by atoms with Gasteiger partial charge in [0.25, 0.3) is 0 Å². The van der Waals surface area contributed by atoms with Gasteiger partial charge in [-0.05, 0) is 87.1 Å². The fraction of sp³-hybridized carbons (Fsp3) is 0.333. The van der Waals surface area contributed by atoms with Crippen molar-refractivity contribution in [3.05, 3.63) is 107 Å². The lowest BCUT2D eigenvalue weighted by atomic mass is 9.73. The summed E-state index contributed by atoms with van der Waals surface area (Å²) in [7, 11) is 0. The minimum absolute atomic E-state index is 0.0943. The van der Waals surface area contributed by atoms with Crippen molar-refractivity contribution in [3.63, 3.8) is 0 Å². The average Bonchev–Trinajstić information content (AvgIpc) is 3.79. The number of hydrogen-bond donors (Lipinski definition) is 2. The van der Waals surface area contributed by atoms with Gasteiger partial charge in [-0.15, -0.1) is 0 Å². The van der Waals surface area contributed by atoms with E-state index in [4.69, 9.17) is 0 Å². The first kappa shape index (κ1) is 35.0. The summed E-state index contributed by atoms with van der Waals surface area (Å²) >= 11 is 0. The number of ketones is 4. The lowest BCUT2D eigenvalue weighted by Gasteiger charge is -2.41. The molecule has 2 aliphatic heterocycles. The molecule has 4 aromatic rings. The molecule has 2 fully saturated rings. The molecular formula is C42H40F2N2O6. The number of allylic oxidation sites excluding steroid dienone is 2. The number of fused-ring (bicyclic) bond motifs is 4. The lowest BCUT2D eigenvalue weighted by molar-refractivity contribution is -0.129. The number of aliphatic hydroxyl groups is 2. The molecule has 2 saturated carbocycles. The van der Waals surface area contributed by atoms with Crippen molar-refractivity contribution in [3.8, 4) is 22.3 Å². The largest absolute Gasteiger partial charge is 0.505 e. The standard InChI is InChI=1S/2C21H20FNO3/c1-13(24)17-19(25)18-16(14-5-7-15(22)8-6-14)9-12-23(18)21(20(17)26)10-3-2-4-11-21;1-13(24)18-19(25)17-11-15(14-5-7-16(22)8-6-14)12-23(17)21(20(18)26)9-3-2-4-10-21/h5-9,12,25H,2-4,10-11H2,1H3;5-8,11-12,25H,2-4,9-10H2,1H3. The molecule has 8 rings (SSSR count). The number of aliphatic hydroxyl groups excluding tert-OH is 2. The lowest BCUT2D eigenvalue weighted by Crippen LogP contribution is -2.48. The van der Waals surface area contributed by atoms with E-state index in [9.17, 15) is 38.2 Å². The first-order valence-electron chi connectivity index (χ1n) is 17.8. The number of carbonyl (C=O) groups is 4. The molecule has 268 valence electrons. The van der Waals surface area contributed by atoms with Crippen LogP contribution in [0.1, 0.15) is 89.4 Å². The maximum absolute atomic E-state index is 13.3. The van der Waals surface area contributed by atoms with Gasteiger partial charge < -0.3 is 19.3 Å². The molecule has 2 aromatic heterocycles. The molecule has 0 atom stereocenters. The molecule has 0 unspecified atom stereocenters. The average molecular weight is 707 g/mol. The summed E-state index contributed by atoms with van der Waals surface area (Å²) in [5, 5.41) is 21.4. The second-order valence-electron chi connectivity index (χ2n) is 14.3. The topological polar surface area (TPSA) is 119 Å². The van der Waals surface area contributed by atoms with Crippen LogP contribution < -0.4 is 0 Å². The Morgan fingerprint density at radius 3 is 1.58 bits per heavy atom. The van der Waals surface area contributed by atoms with Gasteiger partial charge in [0.2, 0.25) is 0 Å². The van der Waals surface area contributed by atoms with E-state index in [1.807, 2.05) is 27.6 Å². The van der Waals surface area contributed by atoms with Crippen LogP contribution in [0.3, 0.4) is 0 Å². The van der Waals surface area contributed by atoms with Crippen molar-refractivity contribution in [1.82, 2.24) is 9.13 Å². The van der Waals surface area contributed by atoms with Gasteiger partial charge in [0, 0.05) is 23.5 Å². The van der Waals surface area contributed by atoms with Crippen molar-refractivity contribution in [2.45, 2.75) is 89.1 Å². The van der Waals surface area contributed by atoms with E-state index >= 15 is 0 Å². The van der Waals surface area contributed by atoms with Crippen molar-refractivity contribution in [1.29, 1.82) is 0 Å². The molecule has 4 heterocycles. The third-order valence-electron chi connectivity index (χ3n) is 11.3. The van der Waals surface area contributed by atoms with Gasteiger partial charge in [-0.3, -0.25) is 19.2 Å². The number of nitrogens with zero attached hydrogens (tertiary/aromatic N) is 2. The smallest absolute Gasteiger partial charge is 0.196 e. The summed E-state index contributed by atoms with van der Waals surface area (Å²) in [4.78, 5) is 50.6. The number of halogens is 2. The fourth-order valence-electron chi connectivity index (χ4n) is 8.70. The van der Waals surface area contributed by atoms with Crippen LogP contribution >= 0.6 is 0 Å². The molecule has 2 aromatic carbocycles. The highest BCUT2D eigenvalue weighted by atomic mass is 19.1. The van der Waals surface area contributed by atoms with E-state index in [2.05, 4.69) is 0 Å². The Kier molecular flexibility index (Phi) is 8.97. The molecule has 2 aliphatic carbocycles. The number of hydrogen-bond acceptors (Lipinski definition) is 6. The maximum atomic E-state index is 13.3. The molecule has 52 heavy (non-hydrogen) atoms. The molecule has 4 aliphatic rings. The minimum Gasteiger partial charge on any atom is -0.505 e. The van der Waals surface area contributed by atoms with Crippen LogP contribution in [0.25, 0.3) is 33.8 Å². The number of Topliss-reactive ketones (excluding diaryl/α,β-unsaturated/α-hetero) is 4. The number of rotatable bonds is 4. The molecule has 0 amide bonds. The summed E-state index contributed by atoms with van der Waals surface area (Å²) in [5.41, 5.74) is 2.15. The quantitative estimate of drug-likeness (QED) is 0.205. The normalized spacial score (nSPS) is 18.9. The Morgan fingerprint density at radius 1 is 0.615 bits per heavy atom. The van der Waals surface area contributed by atoms with Gasteiger partial charge in [0.05, 0.1) is 11.4 Å². The van der Waals surface area contributed by atoms with Crippen LogP contribution in [0.4, 0.5) is 8.78 Å². The highest BCUT2D eigenvalue weighted by Crippen LogP contribution is 2.48. The Labute approximate surface area is 300 Å². The van der Waals surface area contributed by atoms with Crippen LogP contribution in [0.5, 0.6) is 0 Å². The third-order valence-corrected chi connectivity index (χ3v) is 11.3. The van der Waals surface area contributed by atoms with Crippen LogP contribution in [0.15, 0.2) is 84.2 Å². The molecule has 0 saturated heterocycles. The Bertz CT molecular complexity index is 2160. The zero-order valence-corrected chi connectivity index (χ0v) is 29.2. The molecule has 10 heteroatoms. The molecule has 2 spiro atoms. The van der Waals surface area contributed by atoms with Crippen LogP contribution in [0.2, 0.25) is 0 Å². The zero-order chi connectivity index (χ0) is 36.9. The molecular weight excluding hydrogens is 666 g/mol. The summed E-state index contributed by atoms with van der Waals surface area (Å²) < 4.78 is 30.2. The van der Waals surface area contributed by atoms with Gasteiger partial charge >= 0.3 is 0 Å². The van der Waals surface area contributed by atoms with Gasteiger partial charge in [0.1, 0.15) is 33.9 Å². The third kappa shape index (κ3) is 5.56. The van der Waals surface area contributed by atoms with Crippen molar-refractivity contribution in [2.75, 3.05) is 0 Å². The van der Waals surface area contributed by atoms with Crippen molar-refractivity contribution < 1.29 is 38.2 Å².